The zero-order valence-corrected chi connectivity index (χ0v) is 12.4. The Bertz CT molecular complexity index is 420. The maximum Gasteiger partial charge on any atom is 0.0543 e. The summed E-state index contributed by atoms with van der Waals surface area (Å²) in [4.78, 5) is 1.04. The molecule has 1 aromatic carbocycles. The van der Waals surface area contributed by atoms with Gasteiger partial charge >= 0.3 is 0 Å². The predicted octanol–water partition coefficient (Wildman–Crippen LogP) is 4.60. The Morgan fingerprint density at radius 3 is 2.65 bits per heavy atom. The summed E-state index contributed by atoms with van der Waals surface area (Å²) in [7, 11) is 0. The van der Waals surface area contributed by atoms with Crippen LogP contribution < -0.4 is 5.73 Å². The Balaban J connectivity index is 2.14. The zero-order valence-electron chi connectivity index (χ0n) is 10.0. The normalized spacial score (nSPS) is 27.4. The molecule has 0 spiro atoms. The van der Waals surface area contributed by atoms with Crippen LogP contribution in [0.3, 0.4) is 0 Å². The number of halogens is 2. The molecule has 2 rings (SSSR count). The van der Waals surface area contributed by atoms with Gasteiger partial charge in [0.1, 0.15) is 0 Å². The fraction of sp³-hybridized carbons (Fsp3) is 0.538. The molecule has 2 unspecified atom stereocenters. The first kappa shape index (κ1) is 13.5. The summed E-state index contributed by atoms with van der Waals surface area (Å²) in [6, 6.07) is 5.79. The molecule has 0 aliphatic heterocycles. The van der Waals surface area contributed by atoms with Gasteiger partial charge in [0, 0.05) is 21.2 Å². The summed E-state index contributed by atoms with van der Waals surface area (Å²) in [5.74, 6) is 0. The average molecular weight is 290 g/mol. The maximum atomic E-state index is 6.30. The molecule has 1 fully saturated rings. The molecule has 1 aliphatic rings. The molecule has 0 radical (unpaired) electrons. The number of nitrogens with two attached hydrogens (primary N) is 1. The molecule has 0 bridgehead atoms. The van der Waals surface area contributed by atoms with E-state index in [1.165, 1.54) is 6.42 Å². The second-order valence-corrected chi connectivity index (χ2v) is 7.41. The van der Waals surface area contributed by atoms with Crippen LogP contribution in [0.4, 0.5) is 0 Å². The predicted molar refractivity (Wildman–Crippen MR) is 77.1 cm³/mol. The number of thioether (sulfide) groups is 1. The van der Waals surface area contributed by atoms with E-state index in [-0.39, 0.29) is 11.5 Å². The van der Waals surface area contributed by atoms with Crippen molar-refractivity contribution >= 4 is 35.0 Å². The van der Waals surface area contributed by atoms with Gasteiger partial charge < -0.3 is 5.73 Å². The van der Waals surface area contributed by atoms with Crippen LogP contribution in [-0.2, 0) is 0 Å². The lowest BCUT2D eigenvalue weighted by Crippen LogP contribution is -2.38. The van der Waals surface area contributed by atoms with Gasteiger partial charge in [0.2, 0.25) is 0 Å². The highest BCUT2D eigenvalue weighted by Gasteiger charge is 2.39. The second-order valence-electron chi connectivity index (χ2n) is 5.28. The lowest BCUT2D eigenvalue weighted by molar-refractivity contribution is 0.334. The third-order valence-electron chi connectivity index (χ3n) is 3.55. The molecule has 17 heavy (non-hydrogen) atoms. The molecule has 4 heteroatoms. The van der Waals surface area contributed by atoms with Crippen molar-refractivity contribution in [3.63, 3.8) is 0 Å². The first-order valence-electron chi connectivity index (χ1n) is 5.77. The van der Waals surface area contributed by atoms with Crippen LogP contribution in [0.1, 0.15) is 26.7 Å². The minimum absolute atomic E-state index is 0.211. The van der Waals surface area contributed by atoms with Gasteiger partial charge in [-0.3, -0.25) is 0 Å². The van der Waals surface area contributed by atoms with Crippen LogP contribution in [0, 0.1) is 5.41 Å². The summed E-state index contributed by atoms with van der Waals surface area (Å²) >= 11 is 13.9. The van der Waals surface area contributed by atoms with Crippen molar-refractivity contribution in [2.24, 2.45) is 11.1 Å². The van der Waals surface area contributed by atoms with E-state index >= 15 is 0 Å². The Kier molecular flexibility index (Phi) is 3.99. The zero-order chi connectivity index (χ0) is 12.6. The molecule has 0 aromatic heterocycles. The average Bonchev–Trinajstić information content (AvgIpc) is 2.51. The van der Waals surface area contributed by atoms with Crippen molar-refractivity contribution in [2.45, 2.75) is 42.9 Å². The molecule has 1 saturated carbocycles. The second kappa shape index (κ2) is 5.00. The highest BCUT2D eigenvalue weighted by molar-refractivity contribution is 8.00. The van der Waals surface area contributed by atoms with Gasteiger partial charge in [0.05, 0.1) is 5.02 Å². The number of benzene rings is 1. The van der Waals surface area contributed by atoms with Crippen molar-refractivity contribution in [2.75, 3.05) is 0 Å². The highest BCUT2D eigenvalue weighted by atomic mass is 35.5. The monoisotopic (exact) mass is 289 g/mol. The lowest BCUT2D eigenvalue weighted by Gasteiger charge is -2.26. The number of hydrogen-bond acceptors (Lipinski definition) is 2. The van der Waals surface area contributed by atoms with Crippen LogP contribution in [0.2, 0.25) is 10.0 Å². The van der Waals surface area contributed by atoms with Gasteiger partial charge in [-0.15, -0.1) is 11.8 Å². The van der Waals surface area contributed by atoms with Crippen molar-refractivity contribution in [3.05, 3.63) is 28.2 Å². The standard InChI is InChI=1S/C13H17Cl2NS/c1-13(2)6-5-10(12(13)16)17-11-7-8(14)3-4-9(11)15/h3-4,7,10,12H,5-6,16H2,1-2H3. The first-order chi connectivity index (χ1) is 7.90. The number of rotatable bonds is 2. The van der Waals surface area contributed by atoms with Crippen molar-refractivity contribution in [1.82, 2.24) is 0 Å². The van der Waals surface area contributed by atoms with E-state index in [1.807, 2.05) is 18.2 Å². The largest absolute Gasteiger partial charge is 0.326 e. The third-order valence-corrected chi connectivity index (χ3v) is 5.65. The fourth-order valence-electron chi connectivity index (χ4n) is 2.23. The van der Waals surface area contributed by atoms with Crippen molar-refractivity contribution in [3.8, 4) is 0 Å². The Morgan fingerprint density at radius 1 is 1.35 bits per heavy atom. The SMILES string of the molecule is CC1(C)CCC(Sc2cc(Cl)ccc2Cl)C1N. The lowest BCUT2D eigenvalue weighted by atomic mass is 9.88. The van der Waals surface area contributed by atoms with Gasteiger partial charge in [0.15, 0.2) is 0 Å². The van der Waals surface area contributed by atoms with Crippen LogP contribution in [0.25, 0.3) is 0 Å². The summed E-state index contributed by atoms with van der Waals surface area (Å²) < 4.78 is 0. The van der Waals surface area contributed by atoms with E-state index in [9.17, 15) is 0 Å². The molecule has 0 amide bonds. The first-order valence-corrected chi connectivity index (χ1v) is 7.41. The van der Waals surface area contributed by atoms with Crippen molar-refractivity contribution < 1.29 is 0 Å². The Morgan fingerprint density at radius 2 is 2.06 bits per heavy atom. The molecule has 0 saturated heterocycles. The van der Waals surface area contributed by atoms with E-state index in [0.29, 0.717) is 5.25 Å². The third kappa shape index (κ3) is 2.93. The Labute approximate surface area is 117 Å². The number of hydrogen-bond donors (Lipinski definition) is 1. The minimum atomic E-state index is 0.211. The summed E-state index contributed by atoms with van der Waals surface area (Å²) in [5.41, 5.74) is 6.52. The van der Waals surface area contributed by atoms with E-state index in [1.54, 1.807) is 11.8 Å². The van der Waals surface area contributed by atoms with Gasteiger partial charge in [-0.2, -0.15) is 0 Å². The van der Waals surface area contributed by atoms with Crippen LogP contribution in [0.5, 0.6) is 0 Å². The molecule has 2 atom stereocenters. The summed E-state index contributed by atoms with van der Waals surface area (Å²) in [5, 5.41) is 1.92. The maximum absolute atomic E-state index is 6.30. The molecule has 94 valence electrons. The molecule has 1 nitrogen and oxygen atoms in total. The molecule has 1 aromatic rings. The molecular formula is C13H17Cl2NS. The molecule has 2 N–H and O–H groups in total. The van der Waals surface area contributed by atoms with Gasteiger partial charge in [-0.1, -0.05) is 37.0 Å². The van der Waals surface area contributed by atoms with Gasteiger partial charge in [-0.05, 0) is 36.5 Å². The van der Waals surface area contributed by atoms with Gasteiger partial charge in [0.25, 0.3) is 0 Å². The smallest absolute Gasteiger partial charge is 0.0543 e. The van der Waals surface area contributed by atoms with E-state index < -0.39 is 0 Å². The Hall–Kier alpha value is 0.110. The minimum Gasteiger partial charge on any atom is -0.326 e. The molecule has 0 heterocycles. The quantitative estimate of drug-likeness (QED) is 0.861. The van der Waals surface area contributed by atoms with Gasteiger partial charge in [-0.25, -0.2) is 0 Å². The van der Waals surface area contributed by atoms with Crippen LogP contribution in [-0.4, -0.2) is 11.3 Å². The fourth-order valence-corrected chi connectivity index (χ4v) is 4.17. The molecular weight excluding hydrogens is 273 g/mol. The van der Waals surface area contributed by atoms with Crippen LogP contribution in [0.15, 0.2) is 23.1 Å². The van der Waals surface area contributed by atoms with E-state index in [0.717, 1.165) is 21.4 Å². The van der Waals surface area contributed by atoms with Crippen LogP contribution >= 0.6 is 35.0 Å². The highest BCUT2D eigenvalue weighted by Crippen LogP contribution is 2.45. The molecule has 1 aliphatic carbocycles. The van der Waals surface area contributed by atoms with E-state index in [4.69, 9.17) is 28.9 Å². The summed E-state index contributed by atoms with van der Waals surface area (Å²) in [6.45, 7) is 4.47. The van der Waals surface area contributed by atoms with Crippen molar-refractivity contribution in [1.29, 1.82) is 0 Å². The summed E-state index contributed by atoms with van der Waals surface area (Å²) in [6.07, 6.45) is 2.31. The van der Waals surface area contributed by atoms with E-state index in [2.05, 4.69) is 13.8 Å². The topological polar surface area (TPSA) is 26.0 Å².